The highest BCUT2D eigenvalue weighted by molar-refractivity contribution is 6.06. The van der Waals surface area contributed by atoms with Crippen molar-refractivity contribution in [2.75, 3.05) is 0 Å². The normalized spacial score (nSPS) is 11.7. The number of fused-ring (bicyclic) bond motifs is 3. The number of carbonyl (C=O) groups excluding carboxylic acids is 1. The van der Waals surface area contributed by atoms with E-state index in [0.29, 0.717) is 39.1 Å². The van der Waals surface area contributed by atoms with Crippen LogP contribution in [0.3, 0.4) is 0 Å². The summed E-state index contributed by atoms with van der Waals surface area (Å²) >= 11 is 0. The zero-order chi connectivity index (χ0) is 20.9. The lowest BCUT2D eigenvalue weighted by Crippen LogP contribution is -2.23. The molecule has 7 heteroatoms. The Bertz CT molecular complexity index is 1300. The van der Waals surface area contributed by atoms with Crippen LogP contribution in [0.25, 0.3) is 27.7 Å². The van der Waals surface area contributed by atoms with Gasteiger partial charge in [-0.15, -0.1) is 0 Å². The number of benzene rings is 2. The molecule has 0 unspecified atom stereocenters. The summed E-state index contributed by atoms with van der Waals surface area (Å²) in [6.45, 7) is 7.03. The number of aryl methyl sites for hydroxylation is 1. The van der Waals surface area contributed by atoms with E-state index in [0.717, 1.165) is 0 Å². The van der Waals surface area contributed by atoms with E-state index in [2.05, 4.69) is 11.1 Å². The van der Waals surface area contributed by atoms with Crippen molar-refractivity contribution in [2.24, 2.45) is 0 Å². The molecule has 6 nitrogen and oxygen atoms in total. The van der Waals surface area contributed by atoms with Crippen LogP contribution in [0, 0.1) is 24.1 Å². The Morgan fingerprint density at radius 2 is 1.97 bits per heavy atom. The maximum absolute atomic E-state index is 14.6. The summed E-state index contributed by atoms with van der Waals surface area (Å²) < 4.78 is 27.0. The third kappa shape index (κ3) is 3.23. The van der Waals surface area contributed by atoms with Crippen LogP contribution in [0.5, 0.6) is 0 Å². The first-order chi connectivity index (χ1) is 13.7. The molecule has 0 bridgehead atoms. The van der Waals surface area contributed by atoms with Crippen LogP contribution in [0.4, 0.5) is 4.39 Å². The zero-order valence-electron chi connectivity index (χ0n) is 16.4. The number of halogens is 1. The molecule has 4 aromatic rings. The Labute approximate surface area is 166 Å². The summed E-state index contributed by atoms with van der Waals surface area (Å²) in [5.41, 5.74) is 1.68. The largest absolute Gasteiger partial charge is 0.456 e. The molecular weight excluding hydrogens is 373 g/mol. The average molecular weight is 391 g/mol. The van der Waals surface area contributed by atoms with Gasteiger partial charge in [0, 0.05) is 30.3 Å². The molecule has 0 saturated heterocycles. The summed E-state index contributed by atoms with van der Waals surface area (Å²) in [6.07, 6.45) is 1.62. The van der Waals surface area contributed by atoms with Crippen molar-refractivity contribution in [3.63, 3.8) is 0 Å². The van der Waals surface area contributed by atoms with Crippen molar-refractivity contribution in [3.8, 4) is 11.8 Å². The van der Waals surface area contributed by atoms with Gasteiger partial charge in [-0.3, -0.25) is 0 Å². The molecule has 0 N–H and O–H groups in total. The fourth-order valence-electron chi connectivity index (χ4n) is 3.25. The first kappa shape index (κ1) is 18.7. The van der Waals surface area contributed by atoms with Gasteiger partial charge in [0.1, 0.15) is 17.2 Å². The molecule has 2 aromatic heterocycles. The lowest BCUT2D eigenvalue weighted by atomic mass is 10.1. The van der Waals surface area contributed by atoms with Crippen LogP contribution in [0.2, 0.25) is 0 Å². The summed E-state index contributed by atoms with van der Waals surface area (Å²) in [5.74, 6) is -0.656. The molecule has 4 rings (SSSR count). The Morgan fingerprint density at radius 1 is 1.28 bits per heavy atom. The molecule has 0 fully saturated rings. The van der Waals surface area contributed by atoms with Gasteiger partial charge in [-0.1, -0.05) is 0 Å². The topological polar surface area (TPSA) is 81.0 Å². The van der Waals surface area contributed by atoms with E-state index >= 15 is 0 Å². The summed E-state index contributed by atoms with van der Waals surface area (Å²) in [6, 6.07) is 10.2. The minimum absolute atomic E-state index is 0.0320. The van der Waals surface area contributed by atoms with Gasteiger partial charge in [0.15, 0.2) is 17.3 Å². The van der Waals surface area contributed by atoms with E-state index in [1.807, 2.05) is 0 Å². The fourth-order valence-corrected chi connectivity index (χ4v) is 3.25. The van der Waals surface area contributed by atoms with E-state index < -0.39 is 17.4 Å². The second-order valence-electron chi connectivity index (χ2n) is 7.74. The van der Waals surface area contributed by atoms with E-state index in [4.69, 9.17) is 9.15 Å². The van der Waals surface area contributed by atoms with Gasteiger partial charge in [-0.2, -0.15) is 5.26 Å². The molecule has 2 heterocycles. The smallest absolute Gasteiger partial charge is 0.338 e. The monoisotopic (exact) mass is 391 g/mol. The number of carbonyl (C=O) groups is 1. The number of hydrogen-bond acceptors (Lipinski definition) is 5. The van der Waals surface area contributed by atoms with Crippen LogP contribution < -0.4 is 0 Å². The molecule has 29 heavy (non-hydrogen) atoms. The third-order valence-corrected chi connectivity index (χ3v) is 4.39. The lowest BCUT2D eigenvalue weighted by molar-refractivity contribution is 0.00695. The maximum Gasteiger partial charge on any atom is 0.338 e. The first-order valence-electron chi connectivity index (χ1n) is 9.02. The summed E-state index contributed by atoms with van der Waals surface area (Å²) in [5, 5.41) is 10.1. The second kappa shape index (κ2) is 6.45. The third-order valence-electron chi connectivity index (χ3n) is 4.39. The van der Waals surface area contributed by atoms with Crippen LogP contribution in [0.1, 0.15) is 42.6 Å². The van der Waals surface area contributed by atoms with E-state index in [1.54, 1.807) is 62.7 Å². The quantitative estimate of drug-likeness (QED) is 0.447. The number of esters is 1. The number of nitrogens with zero attached hydrogens (tertiary/aromatic N) is 3. The van der Waals surface area contributed by atoms with E-state index in [-0.39, 0.29) is 5.58 Å². The highest BCUT2D eigenvalue weighted by atomic mass is 19.1. The molecule has 0 radical (unpaired) electrons. The molecule has 0 spiro atoms. The van der Waals surface area contributed by atoms with Crippen molar-refractivity contribution in [3.05, 3.63) is 59.4 Å². The van der Waals surface area contributed by atoms with Crippen molar-refractivity contribution >= 4 is 28.0 Å². The first-order valence-corrected chi connectivity index (χ1v) is 9.02. The molecule has 0 aliphatic carbocycles. The summed E-state index contributed by atoms with van der Waals surface area (Å²) in [7, 11) is 0. The van der Waals surface area contributed by atoms with Gasteiger partial charge in [0.05, 0.1) is 16.6 Å². The number of rotatable bonds is 2. The van der Waals surface area contributed by atoms with E-state index in [9.17, 15) is 14.4 Å². The van der Waals surface area contributed by atoms with Crippen LogP contribution in [-0.4, -0.2) is 21.1 Å². The fraction of sp³-hybridized carbons (Fsp3) is 0.227. The Morgan fingerprint density at radius 3 is 2.59 bits per heavy atom. The van der Waals surface area contributed by atoms with Crippen molar-refractivity contribution in [2.45, 2.75) is 33.3 Å². The van der Waals surface area contributed by atoms with E-state index in [1.165, 1.54) is 6.07 Å². The molecule has 146 valence electrons. The Hall–Kier alpha value is -3.66. The molecule has 0 aliphatic rings. The maximum atomic E-state index is 14.6. The Balaban J connectivity index is 1.85. The molecule has 0 atom stereocenters. The highest BCUT2D eigenvalue weighted by Crippen LogP contribution is 2.33. The summed E-state index contributed by atoms with van der Waals surface area (Å²) in [4.78, 5) is 16.5. The second-order valence-corrected chi connectivity index (χ2v) is 7.74. The number of nitriles is 1. The molecule has 0 amide bonds. The minimum atomic E-state index is -0.591. The molecule has 0 aliphatic heterocycles. The standard InChI is InChI=1S/C22H18FN3O3/c1-12-25-19-18-14(10-24)11-26(17(18)9-16(23)20(19)28-12)15-7-5-13(6-8-15)21(27)29-22(2,3)4/h5-9,11H,1-4H3. The SMILES string of the molecule is Cc1nc2c(o1)c(F)cc1c2c(C#N)cn1-c1ccc(C(=O)OC(C)(C)C)cc1. The van der Waals surface area contributed by atoms with Crippen molar-refractivity contribution in [1.29, 1.82) is 5.26 Å². The van der Waals surface area contributed by atoms with Gasteiger partial charge in [-0.05, 0) is 45.0 Å². The number of ether oxygens (including phenoxy) is 1. The zero-order valence-corrected chi connectivity index (χ0v) is 16.4. The molecule has 0 saturated carbocycles. The molecular formula is C22H18FN3O3. The Kier molecular flexibility index (Phi) is 4.16. The van der Waals surface area contributed by atoms with Crippen LogP contribution in [0.15, 0.2) is 40.9 Å². The highest BCUT2D eigenvalue weighted by Gasteiger charge is 2.21. The van der Waals surface area contributed by atoms with Gasteiger partial charge in [-0.25, -0.2) is 14.2 Å². The predicted molar refractivity (Wildman–Crippen MR) is 105 cm³/mol. The predicted octanol–water partition coefficient (Wildman–Crippen LogP) is 5.05. The number of oxazole rings is 1. The van der Waals surface area contributed by atoms with Crippen LogP contribution in [-0.2, 0) is 4.74 Å². The van der Waals surface area contributed by atoms with Gasteiger partial charge < -0.3 is 13.7 Å². The van der Waals surface area contributed by atoms with Gasteiger partial charge in [0.2, 0.25) is 0 Å². The number of hydrogen-bond donors (Lipinski definition) is 0. The lowest BCUT2D eigenvalue weighted by Gasteiger charge is -2.19. The van der Waals surface area contributed by atoms with Gasteiger partial charge >= 0.3 is 5.97 Å². The van der Waals surface area contributed by atoms with Crippen molar-refractivity contribution in [1.82, 2.24) is 9.55 Å². The number of aromatic nitrogens is 2. The molecule has 2 aromatic carbocycles. The van der Waals surface area contributed by atoms with Crippen LogP contribution >= 0.6 is 0 Å². The van der Waals surface area contributed by atoms with Gasteiger partial charge in [0.25, 0.3) is 0 Å². The minimum Gasteiger partial charge on any atom is -0.456 e. The average Bonchev–Trinajstić information content (AvgIpc) is 3.21. The van der Waals surface area contributed by atoms with Crippen molar-refractivity contribution < 1.29 is 18.3 Å².